The quantitative estimate of drug-likeness (QED) is 0.122. The van der Waals surface area contributed by atoms with Crippen LogP contribution in [0.25, 0.3) is 0 Å². The van der Waals surface area contributed by atoms with E-state index in [0.29, 0.717) is 32.2 Å². The number of rotatable bonds is 12. The van der Waals surface area contributed by atoms with E-state index < -0.39 is 47.2 Å². The molecule has 2 heterocycles. The molecule has 0 aromatic rings. The molecule has 198 valence electrons. The highest BCUT2D eigenvalue weighted by Crippen LogP contribution is 2.34. The number of nitrogens with one attached hydrogen (secondary N) is 1. The maximum Gasteiger partial charge on any atom is 0.327 e. The van der Waals surface area contributed by atoms with Crippen LogP contribution in [-0.4, -0.2) is 87.9 Å². The molecule has 4 atom stereocenters. The number of nitrogens with zero attached hydrogens (tertiary/aromatic N) is 3. The summed E-state index contributed by atoms with van der Waals surface area (Å²) in [6.45, 7) is 5.38. The molecule has 11 nitrogen and oxygen atoms in total. The smallest absolute Gasteiger partial charge is 0.327 e. The normalized spacial score (nSPS) is 25.6. The van der Waals surface area contributed by atoms with E-state index >= 15 is 0 Å². The van der Waals surface area contributed by atoms with Gasteiger partial charge in [-0.2, -0.15) is 0 Å². The highest BCUT2D eigenvalue weighted by atomic mass is 16.5. The first-order valence-electron chi connectivity index (χ1n) is 12.6. The van der Waals surface area contributed by atoms with Crippen molar-refractivity contribution in [1.82, 2.24) is 15.3 Å². The fraction of sp³-hybridized carbons (Fsp3) is 0.792. The summed E-state index contributed by atoms with van der Waals surface area (Å²) in [6.07, 6.45) is 6.02. The van der Waals surface area contributed by atoms with E-state index in [2.05, 4.69) is 6.92 Å². The Balaban J connectivity index is 2.41. The van der Waals surface area contributed by atoms with Crippen molar-refractivity contribution in [2.24, 2.45) is 17.6 Å². The van der Waals surface area contributed by atoms with Crippen molar-refractivity contribution < 1.29 is 33.7 Å². The highest BCUT2D eigenvalue weighted by Gasteiger charge is 2.55. The predicted octanol–water partition coefficient (Wildman–Crippen LogP) is 1.38. The van der Waals surface area contributed by atoms with Gasteiger partial charge in [0.25, 0.3) is 11.8 Å². The third-order valence-corrected chi connectivity index (χ3v) is 7.99. The minimum Gasteiger partial charge on any atom is -0.364 e. The largest absolute Gasteiger partial charge is 0.364 e. The van der Waals surface area contributed by atoms with E-state index in [1.54, 1.807) is 26.4 Å². The summed E-state index contributed by atoms with van der Waals surface area (Å²) in [5.41, 5.74) is 6.15. The molecule has 2 unspecified atom stereocenters. The van der Waals surface area contributed by atoms with Gasteiger partial charge in [-0.15, -0.1) is 0 Å². The molecule has 0 bridgehead atoms. The van der Waals surface area contributed by atoms with Gasteiger partial charge in [-0.25, -0.2) is 15.1 Å². The van der Waals surface area contributed by atoms with Crippen LogP contribution in [0.5, 0.6) is 0 Å². The number of quaternary nitrogens is 1. The Hall–Kier alpha value is -2.53. The van der Waals surface area contributed by atoms with Gasteiger partial charge in [0.05, 0.1) is 25.4 Å². The first kappa shape index (κ1) is 28.7. The summed E-state index contributed by atoms with van der Waals surface area (Å²) in [7, 11) is 3.16. The fourth-order valence-electron chi connectivity index (χ4n) is 5.40. The van der Waals surface area contributed by atoms with E-state index in [0.717, 1.165) is 30.6 Å². The van der Waals surface area contributed by atoms with Gasteiger partial charge in [0, 0.05) is 26.4 Å². The van der Waals surface area contributed by atoms with Gasteiger partial charge in [0.1, 0.15) is 5.54 Å². The Kier molecular flexibility index (Phi) is 9.41. The van der Waals surface area contributed by atoms with Crippen LogP contribution in [0, 0.1) is 11.8 Å². The Morgan fingerprint density at radius 3 is 2.31 bits per heavy atom. The molecular weight excluding hydrogens is 454 g/mol. The van der Waals surface area contributed by atoms with Crippen molar-refractivity contribution in [3.8, 4) is 0 Å². The maximum atomic E-state index is 14.0. The molecule has 0 saturated carbocycles. The van der Waals surface area contributed by atoms with E-state index in [1.165, 1.54) is 11.9 Å². The van der Waals surface area contributed by atoms with Crippen molar-refractivity contribution in [1.29, 1.82) is 0 Å². The number of likely N-dealkylation sites (tertiary alicyclic amines) is 1. The van der Waals surface area contributed by atoms with E-state index in [4.69, 9.17) is 5.73 Å². The molecule has 0 aromatic carbocycles. The lowest BCUT2D eigenvalue weighted by atomic mass is 9.84. The highest BCUT2D eigenvalue weighted by molar-refractivity contribution is 6.06. The second-order valence-corrected chi connectivity index (χ2v) is 10.6. The van der Waals surface area contributed by atoms with Gasteiger partial charge in [0.2, 0.25) is 5.91 Å². The summed E-state index contributed by atoms with van der Waals surface area (Å²) in [5, 5.41) is 9.52. The van der Waals surface area contributed by atoms with Crippen molar-refractivity contribution in [2.75, 3.05) is 27.2 Å². The van der Waals surface area contributed by atoms with Crippen LogP contribution in [0.2, 0.25) is 0 Å². The third kappa shape index (κ3) is 5.66. The predicted molar refractivity (Wildman–Crippen MR) is 128 cm³/mol. The summed E-state index contributed by atoms with van der Waals surface area (Å²) in [5.74, 6) is -4.31. The number of hydroxylamine groups is 1. The summed E-state index contributed by atoms with van der Waals surface area (Å²) in [6, 6.07) is -1.27. The molecule has 6 amide bonds. The fourth-order valence-corrected chi connectivity index (χ4v) is 5.40. The Labute approximate surface area is 207 Å². The molecule has 11 heteroatoms. The van der Waals surface area contributed by atoms with Gasteiger partial charge < -0.3 is 10.6 Å². The summed E-state index contributed by atoms with van der Waals surface area (Å²) < 4.78 is -0.225. The molecule has 2 fully saturated rings. The Morgan fingerprint density at radius 1 is 1.17 bits per heavy atom. The average molecular weight is 497 g/mol. The number of hydrogen-bond donors (Lipinski definition) is 3. The lowest BCUT2D eigenvalue weighted by Gasteiger charge is -2.37. The first-order chi connectivity index (χ1) is 16.3. The van der Waals surface area contributed by atoms with Crippen LogP contribution in [0.3, 0.4) is 0 Å². The van der Waals surface area contributed by atoms with Crippen molar-refractivity contribution >= 4 is 29.7 Å². The van der Waals surface area contributed by atoms with Crippen LogP contribution >= 0.6 is 0 Å². The van der Waals surface area contributed by atoms with Crippen LogP contribution in [-0.2, 0) is 19.2 Å². The molecule has 2 aliphatic heterocycles. The Morgan fingerprint density at radius 2 is 1.80 bits per heavy atom. The lowest BCUT2D eigenvalue weighted by molar-refractivity contribution is -0.839. The summed E-state index contributed by atoms with van der Waals surface area (Å²) >= 11 is 0. The number of urea groups is 1. The SMILES string of the molecule is CCCCCCC[C@@H](C(=O)[N+]1(C)CCC[C@H]1C(N)=O)C(CN1C(=O)N(C)C(C)(C)C1=O)C(=O)NO. The van der Waals surface area contributed by atoms with E-state index in [1.807, 2.05) is 0 Å². The zero-order valence-corrected chi connectivity index (χ0v) is 21.7. The number of imide groups is 1. The number of hydrogen-bond acceptors (Lipinski definition) is 6. The molecule has 2 aliphatic rings. The third-order valence-electron chi connectivity index (χ3n) is 7.99. The number of carbonyl (C=O) groups excluding carboxylic acids is 5. The molecule has 0 aromatic heterocycles. The maximum absolute atomic E-state index is 14.0. The van der Waals surface area contributed by atoms with Crippen molar-refractivity contribution in [3.05, 3.63) is 0 Å². The van der Waals surface area contributed by atoms with Crippen molar-refractivity contribution in [3.63, 3.8) is 0 Å². The number of carbonyl (C=O) groups is 5. The number of primary amides is 1. The van der Waals surface area contributed by atoms with Crippen LogP contribution in [0.1, 0.15) is 72.1 Å². The molecular formula is C24H42N5O6+. The van der Waals surface area contributed by atoms with Crippen LogP contribution < -0.4 is 11.2 Å². The van der Waals surface area contributed by atoms with Gasteiger partial charge in [-0.3, -0.25) is 29.0 Å². The van der Waals surface area contributed by atoms with Gasteiger partial charge in [-0.05, 0) is 20.3 Å². The minimum atomic E-state index is -1.17. The number of unbranched alkanes of at least 4 members (excludes halogenated alkanes) is 4. The molecule has 0 spiro atoms. The monoisotopic (exact) mass is 496 g/mol. The molecule has 4 N–H and O–H groups in total. The molecule has 0 aliphatic carbocycles. The van der Waals surface area contributed by atoms with Crippen LogP contribution in [0.4, 0.5) is 4.79 Å². The zero-order valence-electron chi connectivity index (χ0n) is 21.7. The molecule has 35 heavy (non-hydrogen) atoms. The van der Waals surface area contributed by atoms with Gasteiger partial charge >= 0.3 is 11.9 Å². The van der Waals surface area contributed by atoms with E-state index in [9.17, 15) is 29.2 Å². The second-order valence-electron chi connectivity index (χ2n) is 10.6. The minimum absolute atomic E-state index is 0.225. The van der Waals surface area contributed by atoms with Gasteiger partial charge in [-0.1, -0.05) is 39.0 Å². The molecule has 0 radical (unpaired) electrons. The summed E-state index contributed by atoms with van der Waals surface area (Å²) in [4.78, 5) is 67.2. The Bertz CT molecular complexity index is 846. The topological polar surface area (TPSA) is 150 Å². The number of amides is 6. The number of likely N-dealkylation sites (N-methyl/N-ethyl adjacent to an activating group) is 2. The van der Waals surface area contributed by atoms with E-state index in [-0.39, 0.29) is 16.9 Å². The standard InChI is InChI=1S/C24H41N5O6/c1-6-7-8-9-10-12-16(21(32)29(5)14-11-13-18(29)19(25)30)17(20(31)26-35)15-28-22(33)24(2,3)27(4)23(28)34/h16-18H,6-15H2,1-5H3,(H3-,25,26,30,31,35)/p+1/t16-,17?,18+,29?/m1/s1. The molecule has 2 rings (SSSR count). The lowest BCUT2D eigenvalue weighted by Crippen LogP contribution is -2.61. The zero-order chi connectivity index (χ0) is 26.6. The average Bonchev–Trinajstić information content (AvgIpc) is 3.28. The second kappa shape index (κ2) is 11.5. The van der Waals surface area contributed by atoms with Crippen molar-refractivity contribution in [2.45, 2.75) is 83.7 Å². The molecule has 2 saturated heterocycles. The first-order valence-corrected chi connectivity index (χ1v) is 12.6. The number of nitrogens with two attached hydrogens (primary N) is 1. The van der Waals surface area contributed by atoms with Crippen LogP contribution in [0.15, 0.2) is 0 Å². The van der Waals surface area contributed by atoms with Gasteiger partial charge in [0.15, 0.2) is 6.04 Å².